The van der Waals surface area contributed by atoms with Crippen molar-refractivity contribution in [2.45, 2.75) is 25.8 Å². The average Bonchev–Trinajstić information content (AvgIpc) is 2.38. The molecule has 0 aromatic heterocycles. The van der Waals surface area contributed by atoms with Crippen LogP contribution in [0, 0.1) is 5.82 Å². The first kappa shape index (κ1) is 14.9. The van der Waals surface area contributed by atoms with Gasteiger partial charge >= 0.3 is 12.0 Å². The zero-order chi connectivity index (χ0) is 14.3. The first-order valence-corrected chi connectivity index (χ1v) is 6.04. The fourth-order valence-corrected chi connectivity index (χ4v) is 1.52. The Morgan fingerprint density at radius 3 is 2.47 bits per heavy atom. The Labute approximate surface area is 110 Å². The second kappa shape index (κ2) is 7.35. The highest BCUT2D eigenvalue weighted by molar-refractivity contribution is 5.82. The maximum atomic E-state index is 12.7. The van der Waals surface area contributed by atoms with Crippen LogP contribution in [0.4, 0.5) is 9.18 Å². The number of carbonyl (C=O) groups is 2. The summed E-state index contributed by atoms with van der Waals surface area (Å²) in [5.41, 5.74) is 0.895. The van der Waals surface area contributed by atoms with E-state index in [1.165, 1.54) is 12.1 Å². The fourth-order valence-electron chi connectivity index (χ4n) is 1.52. The lowest BCUT2D eigenvalue weighted by molar-refractivity contribution is -0.139. The summed E-state index contributed by atoms with van der Waals surface area (Å²) in [6, 6.07) is 4.59. The number of hydrogen-bond acceptors (Lipinski definition) is 2. The number of nitrogens with one attached hydrogen (secondary N) is 2. The number of amides is 2. The van der Waals surface area contributed by atoms with E-state index in [1.807, 2.05) is 0 Å². The van der Waals surface area contributed by atoms with Gasteiger partial charge in [0, 0.05) is 6.54 Å². The quantitative estimate of drug-likeness (QED) is 0.732. The normalized spacial score (nSPS) is 11.7. The summed E-state index contributed by atoms with van der Waals surface area (Å²) in [5, 5.41) is 13.7. The summed E-state index contributed by atoms with van der Waals surface area (Å²) < 4.78 is 12.7. The van der Waals surface area contributed by atoms with Crippen LogP contribution in [0.5, 0.6) is 0 Å². The fraction of sp³-hybridized carbons (Fsp3) is 0.385. The summed E-state index contributed by atoms with van der Waals surface area (Å²) in [6.45, 7) is 2.03. The van der Waals surface area contributed by atoms with Crippen LogP contribution < -0.4 is 10.6 Å². The van der Waals surface area contributed by atoms with Gasteiger partial charge in [0.1, 0.15) is 11.9 Å². The molecule has 104 valence electrons. The second-order valence-electron chi connectivity index (χ2n) is 4.08. The predicted octanol–water partition coefficient (Wildman–Crippen LogP) is 1.53. The Kier molecular flexibility index (Phi) is 5.78. The summed E-state index contributed by atoms with van der Waals surface area (Å²) in [4.78, 5) is 22.1. The highest BCUT2D eigenvalue weighted by Crippen LogP contribution is 2.02. The average molecular weight is 268 g/mol. The zero-order valence-electron chi connectivity index (χ0n) is 10.6. The van der Waals surface area contributed by atoms with Crippen molar-refractivity contribution in [2.75, 3.05) is 6.54 Å². The van der Waals surface area contributed by atoms with E-state index in [2.05, 4.69) is 10.6 Å². The Hall–Kier alpha value is -2.11. The summed E-state index contributed by atoms with van der Waals surface area (Å²) >= 11 is 0. The van der Waals surface area contributed by atoms with E-state index in [1.54, 1.807) is 19.1 Å². The number of carbonyl (C=O) groups excluding carboxylic acids is 1. The minimum absolute atomic E-state index is 0.304. The van der Waals surface area contributed by atoms with Gasteiger partial charge in [0.2, 0.25) is 0 Å². The van der Waals surface area contributed by atoms with Gasteiger partial charge in [-0.05, 0) is 30.5 Å². The molecule has 0 radical (unpaired) electrons. The van der Waals surface area contributed by atoms with Crippen LogP contribution in [0.2, 0.25) is 0 Å². The molecule has 0 aliphatic carbocycles. The van der Waals surface area contributed by atoms with Crippen molar-refractivity contribution in [2.24, 2.45) is 0 Å². The molecular formula is C13H17FN2O3. The van der Waals surface area contributed by atoms with Gasteiger partial charge in [-0.25, -0.2) is 14.0 Å². The molecule has 0 aliphatic heterocycles. The van der Waals surface area contributed by atoms with Crippen LogP contribution in [0.15, 0.2) is 24.3 Å². The Morgan fingerprint density at radius 1 is 1.32 bits per heavy atom. The van der Waals surface area contributed by atoms with E-state index in [0.717, 1.165) is 5.56 Å². The molecule has 1 rings (SSSR count). The molecule has 1 aromatic carbocycles. The maximum absolute atomic E-state index is 12.7. The zero-order valence-corrected chi connectivity index (χ0v) is 10.6. The van der Waals surface area contributed by atoms with Crippen molar-refractivity contribution in [3.8, 4) is 0 Å². The first-order chi connectivity index (χ1) is 9.02. The Balaban J connectivity index is 2.30. The lowest BCUT2D eigenvalue weighted by Crippen LogP contribution is -2.46. The van der Waals surface area contributed by atoms with E-state index in [-0.39, 0.29) is 5.82 Å². The molecule has 1 atom stereocenters. The van der Waals surface area contributed by atoms with Gasteiger partial charge in [-0.3, -0.25) is 0 Å². The monoisotopic (exact) mass is 268 g/mol. The third-order valence-corrected chi connectivity index (χ3v) is 2.62. The highest BCUT2D eigenvalue weighted by Gasteiger charge is 2.16. The van der Waals surface area contributed by atoms with Gasteiger partial charge < -0.3 is 15.7 Å². The molecular weight excluding hydrogens is 251 g/mol. The van der Waals surface area contributed by atoms with Crippen LogP contribution in [0.25, 0.3) is 0 Å². The van der Waals surface area contributed by atoms with Crippen molar-refractivity contribution >= 4 is 12.0 Å². The number of carboxylic acid groups (broad SMARTS) is 1. The van der Waals surface area contributed by atoms with Crippen LogP contribution in [0.3, 0.4) is 0 Å². The van der Waals surface area contributed by atoms with Gasteiger partial charge in [0.15, 0.2) is 0 Å². The van der Waals surface area contributed by atoms with Crippen molar-refractivity contribution < 1.29 is 19.1 Å². The van der Waals surface area contributed by atoms with Crippen LogP contribution in [0.1, 0.15) is 18.9 Å². The number of benzene rings is 1. The number of aliphatic carboxylic acids is 1. The smallest absolute Gasteiger partial charge is 0.326 e. The molecule has 0 unspecified atom stereocenters. The molecule has 0 aliphatic rings. The SMILES string of the molecule is CC[C@@H](NC(=O)NCCc1ccc(F)cc1)C(=O)O. The minimum Gasteiger partial charge on any atom is -0.480 e. The number of carboxylic acids is 1. The minimum atomic E-state index is -1.06. The van der Waals surface area contributed by atoms with E-state index < -0.39 is 18.0 Å². The number of hydrogen-bond donors (Lipinski definition) is 3. The van der Waals surface area contributed by atoms with Gasteiger partial charge in [-0.1, -0.05) is 19.1 Å². The summed E-state index contributed by atoms with van der Waals surface area (Å²) in [6.07, 6.45) is 0.873. The summed E-state index contributed by atoms with van der Waals surface area (Å²) in [5.74, 6) is -1.36. The third-order valence-electron chi connectivity index (χ3n) is 2.62. The van der Waals surface area contributed by atoms with Crippen molar-refractivity contribution in [1.82, 2.24) is 10.6 Å². The van der Waals surface area contributed by atoms with Crippen LogP contribution in [-0.4, -0.2) is 29.7 Å². The van der Waals surface area contributed by atoms with E-state index >= 15 is 0 Å². The van der Waals surface area contributed by atoms with Crippen molar-refractivity contribution in [3.63, 3.8) is 0 Å². The molecule has 0 spiro atoms. The Morgan fingerprint density at radius 2 is 1.95 bits per heavy atom. The second-order valence-corrected chi connectivity index (χ2v) is 4.08. The maximum Gasteiger partial charge on any atom is 0.326 e. The van der Waals surface area contributed by atoms with Crippen molar-refractivity contribution in [3.05, 3.63) is 35.6 Å². The standard InChI is InChI=1S/C13H17FN2O3/c1-2-11(12(17)18)16-13(19)15-8-7-9-3-5-10(14)6-4-9/h3-6,11H,2,7-8H2,1H3,(H,17,18)(H2,15,16,19)/t11-/m1/s1. The molecule has 19 heavy (non-hydrogen) atoms. The van der Waals surface area contributed by atoms with Crippen LogP contribution in [-0.2, 0) is 11.2 Å². The molecule has 0 heterocycles. The molecule has 5 nitrogen and oxygen atoms in total. The Bertz CT molecular complexity index is 434. The largest absolute Gasteiger partial charge is 0.480 e. The molecule has 6 heteroatoms. The predicted molar refractivity (Wildman–Crippen MR) is 68.4 cm³/mol. The molecule has 0 bridgehead atoms. The third kappa shape index (κ3) is 5.37. The first-order valence-electron chi connectivity index (χ1n) is 6.04. The van der Waals surface area contributed by atoms with Gasteiger partial charge in [0.05, 0.1) is 0 Å². The number of urea groups is 1. The van der Waals surface area contributed by atoms with E-state index in [4.69, 9.17) is 5.11 Å². The molecule has 0 saturated carbocycles. The highest BCUT2D eigenvalue weighted by atomic mass is 19.1. The van der Waals surface area contributed by atoms with Gasteiger partial charge in [-0.15, -0.1) is 0 Å². The topological polar surface area (TPSA) is 78.4 Å². The van der Waals surface area contributed by atoms with Crippen LogP contribution >= 0.6 is 0 Å². The van der Waals surface area contributed by atoms with E-state index in [9.17, 15) is 14.0 Å². The lowest BCUT2D eigenvalue weighted by atomic mass is 10.1. The lowest BCUT2D eigenvalue weighted by Gasteiger charge is -2.13. The van der Waals surface area contributed by atoms with Crippen molar-refractivity contribution in [1.29, 1.82) is 0 Å². The van der Waals surface area contributed by atoms with Gasteiger partial charge in [0.25, 0.3) is 0 Å². The number of halogens is 1. The van der Waals surface area contributed by atoms with E-state index in [0.29, 0.717) is 19.4 Å². The van der Waals surface area contributed by atoms with Gasteiger partial charge in [-0.2, -0.15) is 0 Å². The molecule has 3 N–H and O–H groups in total. The molecule has 0 saturated heterocycles. The molecule has 1 aromatic rings. The molecule has 0 fully saturated rings. The molecule has 2 amide bonds. The number of rotatable bonds is 6. The summed E-state index contributed by atoms with van der Waals surface area (Å²) in [7, 11) is 0.